The van der Waals surface area contributed by atoms with Crippen LogP contribution in [0.4, 0.5) is 5.69 Å². The van der Waals surface area contributed by atoms with Crippen molar-refractivity contribution in [3.8, 4) is 6.07 Å². The van der Waals surface area contributed by atoms with Crippen LogP contribution in [-0.4, -0.2) is 13.0 Å². The first-order valence-electron chi connectivity index (χ1n) is 4.22. The first kappa shape index (κ1) is 8.73. The van der Waals surface area contributed by atoms with Gasteiger partial charge in [0.1, 0.15) is 6.04 Å². The summed E-state index contributed by atoms with van der Waals surface area (Å²) in [6, 6.07) is 6.54. The summed E-state index contributed by atoms with van der Waals surface area (Å²) in [5.74, 6) is -0.130. The zero-order chi connectivity index (χ0) is 10.3. The van der Waals surface area contributed by atoms with Crippen LogP contribution >= 0.6 is 0 Å². The van der Waals surface area contributed by atoms with Crippen LogP contribution in [0.25, 0.3) is 0 Å². The Labute approximate surface area is 81.5 Å². The summed E-state index contributed by atoms with van der Waals surface area (Å²) in [5.41, 5.74) is 7.76. The van der Waals surface area contributed by atoms with Crippen molar-refractivity contribution in [1.82, 2.24) is 0 Å². The number of hydrogen-bond donors (Lipinski definition) is 1. The SMILES string of the molecule is CN1C(=O)[C@H](N)c2ccc(C#N)cc21. The van der Waals surface area contributed by atoms with Gasteiger partial charge in [0.2, 0.25) is 5.91 Å². The van der Waals surface area contributed by atoms with Crippen molar-refractivity contribution >= 4 is 11.6 Å². The molecule has 0 radical (unpaired) electrons. The van der Waals surface area contributed by atoms with E-state index in [1.54, 1.807) is 25.2 Å². The molecule has 4 nitrogen and oxygen atoms in total. The third kappa shape index (κ3) is 0.998. The third-order valence-corrected chi connectivity index (χ3v) is 2.45. The predicted octanol–water partition coefficient (Wildman–Crippen LogP) is 0.534. The second-order valence-electron chi connectivity index (χ2n) is 3.26. The van der Waals surface area contributed by atoms with Crippen molar-refractivity contribution in [3.63, 3.8) is 0 Å². The zero-order valence-corrected chi connectivity index (χ0v) is 7.69. The number of carbonyl (C=O) groups excluding carboxylic acids is 1. The molecular weight excluding hydrogens is 178 g/mol. The second kappa shape index (κ2) is 2.82. The summed E-state index contributed by atoms with van der Waals surface area (Å²) in [6.45, 7) is 0. The lowest BCUT2D eigenvalue weighted by Gasteiger charge is -2.09. The minimum Gasteiger partial charge on any atom is -0.316 e. The lowest BCUT2D eigenvalue weighted by molar-refractivity contribution is -0.118. The van der Waals surface area contributed by atoms with Crippen LogP contribution in [0.5, 0.6) is 0 Å². The van der Waals surface area contributed by atoms with Gasteiger partial charge in [-0.3, -0.25) is 4.79 Å². The van der Waals surface area contributed by atoms with E-state index in [4.69, 9.17) is 11.0 Å². The van der Waals surface area contributed by atoms with Gasteiger partial charge in [-0.15, -0.1) is 0 Å². The normalized spacial score (nSPS) is 19.4. The molecule has 0 aliphatic carbocycles. The van der Waals surface area contributed by atoms with Gasteiger partial charge in [0.25, 0.3) is 0 Å². The Morgan fingerprint density at radius 2 is 2.29 bits per heavy atom. The number of likely N-dealkylation sites (N-methyl/N-ethyl adjacent to an activating group) is 1. The van der Waals surface area contributed by atoms with Crippen LogP contribution in [0.15, 0.2) is 18.2 Å². The molecule has 2 N–H and O–H groups in total. The molecule has 0 saturated heterocycles. The van der Waals surface area contributed by atoms with Crippen LogP contribution in [0.2, 0.25) is 0 Å². The number of rotatable bonds is 0. The van der Waals surface area contributed by atoms with E-state index < -0.39 is 6.04 Å². The monoisotopic (exact) mass is 187 g/mol. The number of hydrogen-bond acceptors (Lipinski definition) is 3. The fraction of sp³-hybridized carbons (Fsp3) is 0.200. The first-order chi connectivity index (χ1) is 6.65. The smallest absolute Gasteiger partial charge is 0.248 e. The number of nitrogens with zero attached hydrogens (tertiary/aromatic N) is 2. The number of nitrogens with two attached hydrogens (primary N) is 1. The standard InChI is InChI=1S/C10H9N3O/c1-13-8-4-6(5-11)2-3-7(8)9(12)10(13)14/h2-4,9H,12H2,1H3/t9-/m1/s1. The van der Waals surface area contributed by atoms with E-state index in [-0.39, 0.29) is 5.91 Å². The largest absolute Gasteiger partial charge is 0.316 e. The van der Waals surface area contributed by atoms with Gasteiger partial charge < -0.3 is 10.6 Å². The van der Waals surface area contributed by atoms with E-state index in [2.05, 4.69) is 0 Å². The Morgan fingerprint density at radius 3 is 2.93 bits per heavy atom. The van der Waals surface area contributed by atoms with Crippen LogP contribution in [0.1, 0.15) is 17.2 Å². The first-order valence-corrected chi connectivity index (χ1v) is 4.22. The zero-order valence-electron chi connectivity index (χ0n) is 7.69. The molecule has 70 valence electrons. The Hall–Kier alpha value is -1.86. The van der Waals surface area contributed by atoms with Crippen LogP contribution in [-0.2, 0) is 4.79 Å². The third-order valence-electron chi connectivity index (χ3n) is 2.45. The summed E-state index contributed by atoms with van der Waals surface area (Å²) in [6.07, 6.45) is 0. The molecule has 1 aliphatic rings. The Kier molecular flexibility index (Phi) is 1.76. The fourth-order valence-electron chi connectivity index (χ4n) is 1.63. The molecule has 1 heterocycles. The minimum absolute atomic E-state index is 0.130. The van der Waals surface area contributed by atoms with Crippen molar-refractivity contribution in [1.29, 1.82) is 5.26 Å². The average molecular weight is 187 g/mol. The highest BCUT2D eigenvalue weighted by molar-refractivity contribution is 6.04. The minimum atomic E-state index is -0.581. The predicted molar refractivity (Wildman–Crippen MR) is 51.5 cm³/mol. The highest BCUT2D eigenvalue weighted by atomic mass is 16.2. The van der Waals surface area contributed by atoms with E-state index in [1.807, 2.05) is 6.07 Å². The maximum Gasteiger partial charge on any atom is 0.248 e. The molecule has 0 spiro atoms. The number of benzene rings is 1. The van der Waals surface area contributed by atoms with Gasteiger partial charge in [0.05, 0.1) is 11.6 Å². The highest BCUT2D eigenvalue weighted by Crippen LogP contribution is 2.33. The molecule has 0 bridgehead atoms. The summed E-state index contributed by atoms with van der Waals surface area (Å²) in [5, 5.41) is 8.70. The van der Waals surface area contributed by atoms with Gasteiger partial charge in [-0.1, -0.05) is 6.07 Å². The molecule has 1 aliphatic heterocycles. The summed E-state index contributed by atoms with van der Waals surface area (Å²) >= 11 is 0. The molecule has 0 saturated carbocycles. The van der Waals surface area contributed by atoms with Crippen LogP contribution in [0.3, 0.4) is 0 Å². The average Bonchev–Trinajstić information content (AvgIpc) is 2.44. The molecule has 0 fully saturated rings. The number of anilines is 1. The molecular formula is C10H9N3O. The van der Waals surface area contributed by atoms with Crippen molar-refractivity contribution in [2.24, 2.45) is 5.73 Å². The van der Waals surface area contributed by atoms with Gasteiger partial charge in [0, 0.05) is 18.3 Å². The molecule has 2 rings (SSSR count). The maximum atomic E-state index is 11.5. The highest BCUT2D eigenvalue weighted by Gasteiger charge is 2.32. The molecule has 1 amide bonds. The van der Waals surface area contributed by atoms with Gasteiger partial charge in [0.15, 0.2) is 0 Å². The van der Waals surface area contributed by atoms with Crippen LogP contribution < -0.4 is 10.6 Å². The lowest BCUT2D eigenvalue weighted by Crippen LogP contribution is -2.27. The Bertz CT molecular complexity index is 447. The van der Waals surface area contributed by atoms with E-state index in [0.717, 1.165) is 11.3 Å². The molecule has 0 aromatic heterocycles. The number of carbonyl (C=O) groups is 1. The molecule has 1 aromatic carbocycles. The number of amides is 1. The quantitative estimate of drug-likeness (QED) is 0.644. The van der Waals surface area contributed by atoms with E-state index >= 15 is 0 Å². The Balaban J connectivity index is 2.60. The summed E-state index contributed by atoms with van der Waals surface area (Å²) in [7, 11) is 1.66. The van der Waals surface area contributed by atoms with Gasteiger partial charge in [-0.2, -0.15) is 5.26 Å². The molecule has 1 aromatic rings. The van der Waals surface area contributed by atoms with E-state index in [0.29, 0.717) is 5.56 Å². The molecule has 4 heteroatoms. The maximum absolute atomic E-state index is 11.5. The lowest BCUT2D eigenvalue weighted by atomic mass is 10.1. The molecule has 14 heavy (non-hydrogen) atoms. The van der Waals surface area contributed by atoms with Crippen molar-refractivity contribution in [3.05, 3.63) is 29.3 Å². The van der Waals surface area contributed by atoms with Gasteiger partial charge in [-0.25, -0.2) is 0 Å². The van der Waals surface area contributed by atoms with Gasteiger partial charge in [-0.05, 0) is 12.1 Å². The fourth-order valence-corrected chi connectivity index (χ4v) is 1.63. The second-order valence-corrected chi connectivity index (χ2v) is 3.26. The van der Waals surface area contributed by atoms with Crippen molar-refractivity contribution in [2.45, 2.75) is 6.04 Å². The number of fused-ring (bicyclic) bond motifs is 1. The van der Waals surface area contributed by atoms with E-state index in [9.17, 15) is 4.79 Å². The van der Waals surface area contributed by atoms with Crippen molar-refractivity contribution in [2.75, 3.05) is 11.9 Å². The summed E-state index contributed by atoms with van der Waals surface area (Å²) < 4.78 is 0. The molecule has 1 atom stereocenters. The molecule has 0 unspecified atom stereocenters. The summed E-state index contributed by atoms with van der Waals surface area (Å²) in [4.78, 5) is 13.0. The number of nitriles is 1. The Morgan fingerprint density at radius 1 is 1.57 bits per heavy atom. The van der Waals surface area contributed by atoms with E-state index in [1.165, 1.54) is 4.90 Å². The van der Waals surface area contributed by atoms with Crippen LogP contribution in [0, 0.1) is 11.3 Å². The van der Waals surface area contributed by atoms with Crippen molar-refractivity contribution < 1.29 is 4.79 Å². The topological polar surface area (TPSA) is 70.1 Å². The van der Waals surface area contributed by atoms with Gasteiger partial charge >= 0.3 is 0 Å².